The van der Waals surface area contributed by atoms with Crippen molar-refractivity contribution in [1.82, 2.24) is 4.90 Å². The Bertz CT molecular complexity index is 602. The van der Waals surface area contributed by atoms with Crippen LogP contribution in [0, 0.1) is 0 Å². The lowest BCUT2D eigenvalue weighted by Gasteiger charge is -2.26. The number of hydrogen-bond acceptors (Lipinski definition) is 4. The number of amides is 1. The summed E-state index contributed by atoms with van der Waals surface area (Å²) in [6.07, 6.45) is 1.23. The summed E-state index contributed by atoms with van der Waals surface area (Å²) in [6, 6.07) is 9.33. The Morgan fingerprint density at radius 3 is 2.68 bits per heavy atom. The Labute approximate surface area is 110 Å². The van der Waals surface area contributed by atoms with Gasteiger partial charge in [0.2, 0.25) is 0 Å². The number of oxime groups is 1. The first kappa shape index (κ1) is 11.8. The van der Waals surface area contributed by atoms with E-state index in [0.717, 1.165) is 16.7 Å². The molecule has 0 bridgehead atoms. The zero-order valence-electron chi connectivity index (χ0n) is 10.4. The van der Waals surface area contributed by atoms with E-state index in [9.17, 15) is 4.79 Å². The summed E-state index contributed by atoms with van der Waals surface area (Å²) in [5, 5.41) is 12.8. The van der Waals surface area contributed by atoms with E-state index in [4.69, 9.17) is 9.62 Å². The number of hydrogen-bond donors (Lipinski definition) is 1. The van der Waals surface area contributed by atoms with Crippen LogP contribution >= 0.6 is 0 Å². The van der Waals surface area contributed by atoms with E-state index in [2.05, 4.69) is 5.16 Å². The molecule has 1 N–H and O–H groups in total. The van der Waals surface area contributed by atoms with Crippen LogP contribution in [-0.2, 0) is 0 Å². The van der Waals surface area contributed by atoms with Crippen molar-refractivity contribution < 1.29 is 14.4 Å². The molecule has 0 atom stereocenters. The third-order valence-electron chi connectivity index (χ3n) is 3.41. The van der Waals surface area contributed by atoms with E-state index in [1.807, 2.05) is 24.3 Å². The lowest BCUT2D eigenvalue weighted by atomic mass is 10.1. The molecule has 1 aliphatic heterocycles. The van der Waals surface area contributed by atoms with E-state index in [1.54, 1.807) is 11.0 Å². The molecule has 1 aromatic heterocycles. The van der Waals surface area contributed by atoms with Gasteiger partial charge in [0.15, 0.2) is 5.76 Å². The molecular formula is C14H14N2O3. The molecule has 98 valence electrons. The molecule has 0 unspecified atom stereocenters. The van der Waals surface area contributed by atoms with Crippen LogP contribution in [0.25, 0.3) is 11.0 Å². The van der Waals surface area contributed by atoms with Gasteiger partial charge in [0.1, 0.15) is 5.58 Å². The van der Waals surface area contributed by atoms with Crippen molar-refractivity contribution in [2.75, 3.05) is 13.1 Å². The second-order valence-corrected chi connectivity index (χ2v) is 4.61. The molecular weight excluding hydrogens is 244 g/mol. The summed E-state index contributed by atoms with van der Waals surface area (Å²) in [4.78, 5) is 14.0. The van der Waals surface area contributed by atoms with E-state index in [-0.39, 0.29) is 5.91 Å². The number of piperidine rings is 1. The van der Waals surface area contributed by atoms with Crippen molar-refractivity contribution in [3.8, 4) is 0 Å². The quantitative estimate of drug-likeness (QED) is 0.631. The van der Waals surface area contributed by atoms with Gasteiger partial charge in [-0.25, -0.2) is 0 Å². The van der Waals surface area contributed by atoms with Crippen molar-refractivity contribution in [3.63, 3.8) is 0 Å². The molecule has 1 aromatic carbocycles. The van der Waals surface area contributed by atoms with E-state index in [0.29, 0.717) is 31.7 Å². The fourth-order valence-corrected chi connectivity index (χ4v) is 2.31. The number of carbonyl (C=O) groups excluding carboxylic acids is 1. The second kappa shape index (κ2) is 4.76. The summed E-state index contributed by atoms with van der Waals surface area (Å²) in [7, 11) is 0. The van der Waals surface area contributed by atoms with Gasteiger partial charge in [0.05, 0.1) is 5.71 Å². The number of carbonyl (C=O) groups is 1. The molecule has 5 heteroatoms. The molecule has 1 aliphatic rings. The molecule has 5 nitrogen and oxygen atoms in total. The van der Waals surface area contributed by atoms with Crippen molar-refractivity contribution in [2.45, 2.75) is 12.8 Å². The van der Waals surface area contributed by atoms with Gasteiger partial charge >= 0.3 is 0 Å². The molecule has 1 amide bonds. The average Bonchev–Trinajstić information content (AvgIpc) is 2.90. The van der Waals surface area contributed by atoms with Crippen LogP contribution in [0.1, 0.15) is 23.4 Å². The topological polar surface area (TPSA) is 66.0 Å². The number of nitrogens with zero attached hydrogens (tertiary/aromatic N) is 2. The monoisotopic (exact) mass is 258 g/mol. The molecule has 1 fully saturated rings. The van der Waals surface area contributed by atoms with Crippen LogP contribution in [-0.4, -0.2) is 34.8 Å². The average molecular weight is 258 g/mol. The molecule has 19 heavy (non-hydrogen) atoms. The first-order chi connectivity index (χ1) is 9.28. The molecule has 0 radical (unpaired) electrons. The smallest absolute Gasteiger partial charge is 0.289 e. The predicted molar refractivity (Wildman–Crippen MR) is 70.6 cm³/mol. The zero-order valence-corrected chi connectivity index (χ0v) is 10.4. The first-order valence-corrected chi connectivity index (χ1v) is 6.25. The summed E-state index contributed by atoms with van der Waals surface area (Å²) >= 11 is 0. The highest BCUT2D eigenvalue weighted by molar-refractivity contribution is 5.97. The van der Waals surface area contributed by atoms with Crippen molar-refractivity contribution in [1.29, 1.82) is 0 Å². The normalized spacial score (nSPS) is 15.8. The SMILES string of the molecule is O=C(c1cc2ccccc2o1)N1CCC(=NO)CC1. The lowest BCUT2D eigenvalue weighted by Crippen LogP contribution is -2.38. The van der Waals surface area contributed by atoms with Crippen LogP contribution < -0.4 is 0 Å². The third-order valence-corrected chi connectivity index (χ3v) is 3.41. The van der Waals surface area contributed by atoms with Crippen molar-refractivity contribution in [3.05, 3.63) is 36.1 Å². The van der Waals surface area contributed by atoms with Gasteiger partial charge in [-0.3, -0.25) is 4.79 Å². The lowest BCUT2D eigenvalue weighted by molar-refractivity contribution is 0.0724. The van der Waals surface area contributed by atoms with Crippen LogP contribution in [0.3, 0.4) is 0 Å². The highest BCUT2D eigenvalue weighted by atomic mass is 16.4. The number of para-hydroxylation sites is 1. The van der Waals surface area contributed by atoms with Gasteiger partial charge < -0.3 is 14.5 Å². The van der Waals surface area contributed by atoms with Crippen molar-refractivity contribution >= 4 is 22.6 Å². The van der Waals surface area contributed by atoms with Crippen LogP contribution in [0.15, 0.2) is 39.9 Å². The van der Waals surface area contributed by atoms with Gasteiger partial charge in [-0.1, -0.05) is 23.4 Å². The van der Waals surface area contributed by atoms with E-state index < -0.39 is 0 Å². The summed E-state index contributed by atoms with van der Waals surface area (Å²) in [5.41, 5.74) is 1.47. The highest BCUT2D eigenvalue weighted by Gasteiger charge is 2.23. The minimum Gasteiger partial charge on any atom is -0.451 e. The Balaban J connectivity index is 1.80. The van der Waals surface area contributed by atoms with E-state index >= 15 is 0 Å². The van der Waals surface area contributed by atoms with E-state index in [1.165, 1.54) is 0 Å². The van der Waals surface area contributed by atoms with Gasteiger partial charge in [-0.05, 0) is 12.1 Å². The minimum absolute atomic E-state index is 0.104. The van der Waals surface area contributed by atoms with Crippen LogP contribution in [0.2, 0.25) is 0 Å². The summed E-state index contributed by atoms with van der Waals surface area (Å²) in [5.74, 6) is 0.263. The van der Waals surface area contributed by atoms with Crippen molar-refractivity contribution in [2.24, 2.45) is 5.16 Å². The highest BCUT2D eigenvalue weighted by Crippen LogP contribution is 2.21. The maximum absolute atomic E-state index is 12.3. The fraction of sp³-hybridized carbons (Fsp3) is 0.286. The van der Waals surface area contributed by atoms with Crippen LogP contribution in [0.4, 0.5) is 0 Å². The number of likely N-dealkylation sites (tertiary alicyclic amines) is 1. The number of benzene rings is 1. The molecule has 2 heterocycles. The predicted octanol–water partition coefficient (Wildman–Crippen LogP) is 2.50. The summed E-state index contributed by atoms with van der Waals surface area (Å²) in [6.45, 7) is 1.13. The van der Waals surface area contributed by atoms with Gasteiger partial charge in [-0.2, -0.15) is 0 Å². The maximum Gasteiger partial charge on any atom is 0.289 e. The van der Waals surface area contributed by atoms with Gasteiger partial charge in [0, 0.05) is 31.3 Å². The number of furan rings is 1. The molecule has 2 aromatic rings. The Morgan fingerprint density at radius 1 is 1.26 bits per heavy atom. The third kappa shape index (κ3) is 2.19. The fourth-order valence-electron chi connectivity index (χ4n) is 2.31. The van der Waals surface area contributed by atoms with Crippen LogP contribution in [0.5, 0.6) is 0 Å². The number of fused-ring (bicyclic) bond motifs is 1. The van der Waals surface area contributed by atoms with Gasteiger partial charge in [0.25, 0.3) is 5.91 Å². The molecule has 3 rings (SSSR count). The Morgan fingerprint density at radius 2 is 2.00 bits per heavy atom. The first-order valence-electron chi connectivity index (χ1n) is 6.25. The molecule has 0 saturated carbocycles. The maximum atomic E-state index is 12.3. The van der Waals surface area contributed by atoms with Gasteiger partial charge in [-0.15, -0.1) is 0 Å². The Kier molecular flexibility index (Phi) is 2.95. The Hall–Kier alpha value is -2.30. The molecule has 1 saturated heterocycles. The zero-order chi connectivity index (χ0) is 13.2. The number of rotatable bonds is 1. The summed E-state index contributed by atoms with van der Waals surface area (Å²) < 4.78 is 5.57. The molecule has 0 spiro atoms. The standard InChI is InChI=1S/C14H14N2O3/c17-14(16-7-5-11(15-18)6-8-16)13-9-10-3-1-2-4-12(10)19-13/h1-4,9,18H,5-8H2. The largest absolute Gasteiger partial charge is 0.451 e. The molecule has 0 aliphatic carbocycles. The minimum atomic E-state index is -0.104. The second-order valence-electron chi connectivity index (χ2n) is 4.61.